The average Bonchev–Trinajstić information content (AvgIpc) is 2.79. The number of benzene rings is 2. The normalized spacial score (nSPS) is 14.0. The third-order valence-electron chi connectivity index (χ3n) is 5.00. The van der Waals surface area contributed by atoms with Crippen LogP contribution in [0.25, 0.3) is 11.3 Å². The summed E-state index contributed by atoms with van der Waals surface area (Å²) in [6.07, 6.45) is 0. The molecular formula is C22H21ClN4O2. The zero-order chi connectivity index (χ0) is 20.2. The van der Waals surface area contributed by atoms with Crippen molar-refractivity contribution in [2.75, 3.05) is 38.2 Å². The summed E-state index contributed by atoms with van der Waals surface area (Å²) in [5, 5.41) is 9.39. The summed E-state index contributed by atoms with van der Waals surface area (Å²) in [5.41, 5.74) is 2.41. The number of halogens is 1. The molecule has 0 N–H and O–H groups in total. The van der Waals surface area contributed by atoms with Gasteiger partial charge in [0.2, 0.25) is 0 Å². The fourth-order valence-electron chi connectivity index (χ4n) is 3.34. The number of piperazine rings is 1. The fourth-order valence-corrected chi connectivity index (χ4v) is 3.47. The smallest absolute Gasteiger partial charge is 0.253 e. The van der Waals surface area contributed by atoms with Gasteiger partial charge in [0.15, 0.2) is 5.82 Å². The van der Waals surface area contributed by atoms with Gasteiger partial charge < -0.3 is 14.5 Å². The Morgan fingerprint density at radius 1 is 0.966 bits per heavy atom. The van der Waals surface area contributed by atoms with E-state index < -0.39 is 0 Å². The summed E-state index contributed by atoms with van der Waals surface area (Å²) in [6, 6.07) is 18.7. The number of ether oxygens (including phenoxy) is 1. The minimum Gasteiger partial charge on any atom is -0.497 e. The van der Waals surface area contributed by atoms with Crippen LogP contribution in [0.1, 0.15) is 10.4 Å². The van der Waals surface area contributed by atoms with E-state index >= 15 is 0 Å². The lowest BCUT2D eigenvalue weighted by molar-refractivity contribution is 0.0746. The molecule has 1 aromatic heterocycles. The Morgan fingerprint density at radius 3 is 2.38 bits per heavy atom. The van der Waals surface area contributed by atoms with Gasteiger partial charge in [-0.2, -0.15) is 0 Å². The van der Waals surface area contributed by atoms with Gasteiger partial charge in [-0.05, 0) is 48.5 Å². The van der Waals surface area contributed by atoms with E-state index in [2.05, 4.69) is 15.1 Å². The monoisotopic (exact) mass is 408 g/mol. The molecule has 0 atom stereocenters. The molecular weight excluding hydrogens is 388 g/mol. The highest BCUT2D eigenvalue weighted by atomic mass is 35.5. The van der Waals surface area contributed by atoms with Gasteiger partial charge in [0, 0.05) is 42.3 Å². The van der Waals surface area contributed by atoms with E-state index in [9.17, 15) is 4.79 Å². The molecule has 0 bridgehead atoms. The van der Waals surface area contributed by atoms with Crippen molar-refractivity contribution in [3.8, 4) is 17.0 Å². The maximum absolute atomic E-state index is 12.6. The highest BCUT2D eigenvalue weighted by Crippen LogP contribution is 2.23. The van der Waals surface area contributed by atoms with Crippen LogP contribution in [0.3, 0.4) is 0 Å². The fraction of sp³-hybridized carbons (Fsp3) is 0.227. The van der Waals surface area contributed by atoms with E-state index in [1.807, 2.05) is 41.3 Å². The minimum absolute atomic E-state index is 0.0285. The number of hydrogen-bond acceptors (Lipinski definition) is 5. The Morgan fingerprint density at radius 2 is 1.72 bits per heavy atom. The molecule has 4 rings (SSSR count). The van der Waals surface area contributed by atoms with E-state index in [1.165, 1.54) is 0 Å². The zero-order valence-corrected chi connectivity index (χ0v) is 16.8. The predicted octanol–water partition coefficient (Wildman–Crippen LogP) is 3.77. The third-order valence-corrected chi connectivity index (χ3v) is 5.25. The molecule has 0 saturated carbocycles. The van der Waals surface area contributed by atoms with Crippen LogP contribution in [0.4, 0.5) is 5.82 Å². The van der Waals surface area contributed by atoms with Gasteiger partial charge in [-0.1, -0.05) is 23.7 Å². The molecule has 1 aliphatic heterocycles. The van der Waals surface area contributed by atoms with Gasteiger partial charge in [-0.15, -0.1) is 10.2 Å². The lowest BCUT2D eigenvalue weighted by Crippen LogP contribution is -2.49. The number of carbonyl (C=O) groups excluding carboxylic acids is 1. The van der Waals surface area contributed by atoms with Crippen LogP contribution < -0.4 is 9.64 Å². The molecule has 2 aromatic carbocycles. The van der Waals surface area contributed by atoms with E-state index in [0.717, 1.165) is 22.8 Å². The summed E-state index contributed by atoms with van der Waals surface area (Å²) in [4.78, 5) is 16.6. The standard InChI is InChI=1S/C22H21ClN4O2/c1-29-19-4-2-3-17(15-19)20-9-10-21(25-24-20)26-11-13-27(14-12-26)22(28)16-5-7-18(23)8-6-16/h2-10,15H,11-14H2,1H3. The van der Waals surface area contributed by atoms with Crippen molar-refractivity contribution in [1.29, 1.82) is 0 Å². The van der Waals surface area contributed by atoms with E-state index in [1.54, 1.807) is 31.4 Å². The van der Waals surface area contributed by atoms with Crippen LogP contribution in [0.2, 0.25) is 5.02 Å². The number of anilines is 1. The molecule has 1 saturated heterocycles. The maximum atomic E-state index is 12.6. The molecule has 0 aliphatic carbocycles. The number of amides is 1. The Kier molecular flexibility index (Phi) is 5.62. The molecule has 2 heterocycles. The van der Waals surface area contributed by atoms with E-state index in [-0.39, 0.29) is 5.91 Å². The van der Waals surface area contributed by atoms with Crippen molar-refractivity contribution in [3.05, 3.63) is 71.2 Å². The van der Waals surface area contributed by atoms with Gasteiger partial charge in [-0.3, -0.25) is 4.79 Å². The number of methoxy groups -OCH3 is 1. The first-order chi connectivity index (χ1) is 14.1. The minimum atomic E-state index is 0.0285. The first-order valence-corrected chi connectivity index (χ1v) is 9.80. The highest BCUT2D eigenvalue weighted by molar-refractivity contribution is 6.30. The molecule has 6 nitrogen and oxygen atoms in total. The Hall–Kier alpha value is -3.12. The largest absolute Gasteiger partial charge is 0.497 e. The third kappa shape index (κ3) is 4.32. The number of aromatic nitrogens is 2. The lowest BCUT2D eigenvalue weighted by atomic mass is 10.1. The molecule has 1 amide bonds. The van der Waals surface area contributed by atoms with Crippen LogP contribution >= 0.6 is 11.6 Å². The van der Waals surface area contributed by atoms with Crippen molar-refractivity contribution in [2.45, 2.75) is 0 Å². The SMILES string of the molecule is COc1cccc(-c2ccc(N3CCN(C(=O)c4ccc(Cl)cc4)CC3)nn2)c1. The summed E-state index contributed by atoms with van der Waals surface area (Å²) in [7, 11) is 1.64. The van der Waals surface area contributed by atoms with Crippen molar-refractivity contribution in [2.24, 2.45) is 0 Å². The summed E-state index contributed by atoms with van der Waals surface area (Å²) in [5.74, 6) is 1.63. The summed E-state index contributed by atoms with van der Waals surface area (Å²) in [6.45, 7) is 2.71. The molecule has 7 heteroatoms. The molecule has 0 spiro atoms. The average molecular weight is 409 g/mol. The van der Waals surface area contributed by atoms with Crippen LogP contribution in [-0.2, 0) is 0 Å². The second kappa shape index (κ2) is 8.49. The second-order valence-corrected chi connectivity index (χ2v) is 7.23. The first-order valence-electron chi connectivity index (χ1n) is 9.42. The van der Waals surface area contributed by atoms with Gasteiger partial charge in [0.1, 0.15) is 5.75 Å². The van der Waals surface area contributed by atoms with Gasteiger partial charge in [0.05, 0.1) is 12.8 Å². The number of hydrogen-bond donors (Lipinski definition) is 0. The van der Waals surface area contributed by atoms with Crippen molar-refractivity contribution in [1.82, 2.24) is 15.1 Å². The quantitative estimate of drug-likeness (QED) is 0.657. The summed E-state index contributed by atoms with van der Waals surface area (Å²) < 4.78 is 5.27. The van der Waals surface area contributed by atoms with E-state index in [0.29, 0.717) is 36.8 Å². The van der Waals surface area contributed by atoms with Gasteiger partial charge >= 0.3 is 0 Å². The molecule has 1 fully saturated rings. The molecule has 3 aromatic rings. The molecule has 0 radical (unpaired) electrons. The highest BCUT2D eigenvalue weighted by Gasteiger charge is 2.23. The lowest BCUT2D eigenvalue weighted by Gasteiger charge is -2.35. The maximum Gasteiger partial charge on any atom is 0.253 e. The number of rotatable bonds is 4. The van der Waals surface area contributed by atoms with Crippen LogP contribution in [0.5, 0.6) is 5.75 Å². The molecule has 148 valence electrons. The van der Waals surface area contributed by atoms with Crippen molar-refractivity contribution >= 4 is 23.3 Å². The number of nitrogens with zero attached hydrogens (tertiary/aromatic N) is 4. The molecule has 0 unspecified atom stereocenters. The molecule has 1 aliphatic rings. The van der Waals surface area contributed by atoms with Crippen LogP contribution in [0.15, 0.2) is 60.7 Å². The van der Waals surface area contributed by atoms with Gasteiger partial charge in [0.25, 0.3) is 5.91 Å². The number of carbonyl (C=O) groups is 1. The second-order valence-electron chi connectivity index (χ2n) is 6.79. The summed E-state index contributed by atoms with van der Waals surface area (Å²) >= 11 is 5.90. The zero-order valence-electron chi connectivity index (χ0n) is 16.1. The van der Waals surface area contributed by atoms with Gasteiger partial charge in [-0.25, -0.2) is 0 Å². The first kappa shape index (κ1) is 19.2. The predicted molar refractivity (Wildman–Crippen MR) is 114 cm³/mol. The Bertz CT molecular complexity index is 984. The Balaban J connectivity index is 1.39. The van der Waals surface area contributed by atoms with E-state index in [4.69, 9.17) is 16.3 Å². The van der Waals surface area contributed by atoms with Crippen molar-refractivity contribution < 1.29 is 9.53 Å². The van der Waals surface area contributed by atoms with Crippen LogP contribution in [-0.4, -0.2) is 54.3 Å². The topological polar surface area (TPSA) is 58.6 Å². The molecule has 29 heavy (non-hydrogen) atoms. The Labute approximate surface area is 174 Å². The van der Waals surface area contributed by atoms with Crippen LogP contribution in [0, 0.1) is 0 Å². The van der Waals surface area contributed by atoms with Crippen molar-refractivity contribution in [3.63, 3.8) is 0 Å².